The zero-order valence-electron chi connectivity index (χ0n) is 14.7. The molecule has 0 radical (unpaired) electrons. The Hall–Kier alpha value is -2.21. The number of nitrogens with one attached hydrogen (secondary N) is 1. The molecule has 0 atom stereocenters. The highest BCUT2D eigenvalue weighted by molar-refractivity contribution is 5.92. The Kier molecular flexibility index (Phi) is 4.94. The maximum absolute atomic E-state index is 6.07. The summed E-state index contributed by atoms with van der Waals surface area (Å²) in [5.74, 6) is 0.910. The number of fused-ring (bicyclic) bond motifs is 1. The SMILES string of the molecule is Cc1nc(NC(N)=NC2CCC(N(C)C)CC2)nc2ccccc12. The van der Waals surface area contributed by atoms with Gasteiger partial charge in [0.2, 0.25) is 5.95 Å². The normalized spacial score (nSPS) is 22.1. The Morgan fingerprint density at radius 3 is 2.58 bits per heavy atom. The lowest BCUT2D eigenvalue weighted by atomic mass is 9.91. The maximum atomic E-state index is 6.07. The molecule has 0 aliphatic heterocycles. The van der Waals surface area contributed by atoms with E-state index >= 15 is 0 Å². The highest BCUT2D eigenvalue weighted by Gasteiger charge is 2.22. The Morgan fingerprint density at radius 2 is 1.88 bits per heavy atom. The zero-order chi connectivity index (χ0) is 17.1. The van der Waals surface area contributed by atoms with E-state index in [9.17, 15) is 0 Å². The van der Waals surface area contributed by atoms with Gasteiger partial charge in [-0.1, -0.05) is 18.2 Å². The highest BCUT2D eigenvalue weighted by atomic mass is 15.2. The molecule has 0 amide bonds. The van der Waals surface area contributed by atoms with Crippen molar-refractivity contribution >= 4 is 22.8 Å². The molecule has 1 aromatic heterocycles. The van der Waals surface area contributed by atoms with Crippen LogP contribution in [0.5, 0.6) is 0 Å². The molecule has 0 saturated heterocycles. The van der Waals surface area contributed by atoms with Gasteiger partial charge in [0.05, 0.1) is 17.3 Å². The Labute approximate surface area is 143 Å². The van der Waals surface area contributed by atoms with Crippen molar-refractivity contribution in [2.24, 2.45) is 10.7 Å². The quantitative estimate of drug-likeness (QED) is 0.669. The first-order valence-electron chi connectivity index (χ1n) is 8.53. The Bertz CT molecular complexity index is 731. The van der Waals surface area contributed by atoms with E-state index in [-0.39, 0.29) is 6.04 Å². The lowest BCUT2D eigenvalue weighted by molar-refractivity contribution is 0.217. The summed E-state index contributed by atoms with van der Waals surface area (Å²) in [6.07, 6.45) is 4.48. The molecule has 0 spiro atoms. The monoisotopic (exact) mass is 326 g/mol. The fraction of sp³-hybridized carbons (Fsp3) is 0.500. The number of aryl methyl sites for hydroxylation is 1. The van der Waals surface area contributed by atoms with E-state index in [2.05, 4.69) is 39.3 Å². The second-order valence-electron chi connectivity index (χ2n) is 6.72. The molecule has 6 nitrogen and oxygen atoms in total. The van der Waals surface area contributed by atoms with Crippen molar-refractivity contribution in [2.75, 3.05) is 19.4 Å². The third-order valence-electron chi connectivity index (χ3n) is 4.75. The summed E-state index contributed by atoms with van der Waals surface area (Å²) in [7, 11) is 4.28. The van der Waals surface area contributed by atoms with Crippen molar-refractivity contribution in [3.8, 4) is 0 Å². The average molecular weight is 326 g/mol. The van der Waals surface area contributed by atoms with E-state index in [0.29, 0.717) is 17.9 Å². The maximum Gasteiger partial charge on any atom is 0.230 e. The van der Waals surface area contributed by atoms with Crippen molar-refractivity contribution in [1.82, 2.24) is 14.9 Å². The number of aliphatic imine (C=N–C) groups is 1. The van der Waals surface area contributed by atoms with Gasteiger partial charge in [-0.2, -0.15) is 0 Å². The van der Waals surface area contributed by atoms with Crippen LogP contribution >= 0.6 is 0 Å². The summed E-state index contributed by atoms with van der Waals surface area (Å²) in [6.45, 7) is 1.98. The number of benzene rings is 1. The minimum atomic E-state index is 0.287. The number of rotatable bonds is 3. The Balaban J connectivity index is 1.67. The third kappa shape index (κ3) is 3.82. The largest absolute Gasteiger partial charge is 0.370 e. The smallest absolute Gasteiger partial charge is 0.230 e. The van der Waals surface area contributed by atoms with E-state index in [1.54, 1.807) is 0 Å². The minimum absolute atomic E-state index is 0.287. The van der Waals surface area contributed by atoms with Gasteiger partial charge in [-0.05, 0) is 52.8 Å². The molecule has 2 aromatic rings. The average Bonchev–Trinajstić information content (AvgIpc) is 2.55. The van der Waals surface area contributed by atoms with Gasteiger partial charge in [-0.3, -0.25) is 5.32 Å². The lowest BCUT2D eigenvalue weighted by Gasteiger charge is -2.31. The number of guanidine groups is 1. The third-order valence-corrected chi connectivity index (χ3v) is 4.75. The summed E-state index contributed by atoms with van der Waals surface area (Å²) in [5.41, 5.74) is 7.92. The van der Waals surface area contributed by atoms with E-state index in [4.69, 9.17) is 5.73 Å². The van der Waals surface area contributed by atoms with Crippen molar-refractivity contribution in [3.05, 3.63) is 30.0 Å². The van der Waals surface area contributed by atoms with Gasteiger partial charge in [-0.15, -0.1) is 0 Å². The molecule has 6 heteroatoms. The summed E-state index contributed by atoms with van der Waals surface area (Å²) in [6, 6.07) is 8.91. The van der Waals surface area contributed by atoms with Crippen molar-refractivity contribution in [1.29, 1.82) is 0 Å². The van der Waals surface area contributed by atoms with Gasteiger partial charge >= 0.3 is 0 Å². The first-order chi connectivity index (χ1) is 11.5. The predicted octanol–water partition coefficient (Wildman–Crippen LogP) is 2.54. The van der Waals surface area contributed by atoms with Crippen LogP contribution in [0, 0.1) is 6.92 Å². The molecule has 1 aliphatic carbocycles. The second-order valence-corrected chi connectivity index (χ2v) is 6.72. The molecule has 1 aliphatic rings. The topological polar surface area (TPSA) is 79.4 Å². The van der Waals surface area contributed by atoms with Crippen LogP contribution in [-0.4, -0.2) is 47.0 Å². The van der Waals surface area contributed by atoms with Crippen LogP contribution in [-0.2, 0) is 0 Å². The summed E-state index contributed by atoms with van der Waals surface area (Å²) < 4.78 is 0. The van der Waals surface area contributed by atoms with Gasteiger partial charge in [0.1, 0.15) is 0 Å². The number of nitrogens with two attached hydrogens (primary N) is 1. The second kappa shape index (κ2) is 7.13. The molecule has 0 unspecified atom stereocenters. The number of hydrogen-bond acceptors (Lipinski definition) is 4. The summed E-state index contributed by atoms with van der Waals surface area (Å²) >= 11 is 0. The molecule has 1 fully saturated rings. The van der Waals surface area contributed by atoms with Gasteiger partial charge in [0.15, 0.2) is 5.96 Å². The number of hydrogen-bond donors (Lipinski definition) is 2. The molecule has 1 heterocycles. The number of nitrogens with zero attached hydrogens (tertiary/aromatic N) is 4. The molecule has 128 valence electrons. The molecule has 3 rings (SSSR count). The van der Waals surface area contributed by atoms with E-state index < -0.39 is 0 Å². The van der Waals surface area contributed by atoms with Crippen molar-refractivity contribution in [3.63, 3.8) is 0 Å². The number of anilines is 1. The van der Waals surface area contributed by atoms with Gasteiger partial charge < -0.3 is 10.6 Å². The fourth-order valence-electron chi connectivity index (χ4n) is 3.34. The molecular weight excluding hydrogens is 300 g/mol. The van der Waals surface area contributed by atoms with Crippen LogP contribution < -0.4 is 11.1 Å². The first kappa shape index (κ1) is 16.6. The van der Waals surface area contributed by atoms with Gasteiger partial charge in [0.25, 0.3) is 0 Å². The van der Waals surface area contributed by atoms with Crippen molar-refractivity contribution < 1.29 is 0 Å². The van der Waals surface area contributed by atoms with E-state index in [1.807, 2.05) is 31.2 Å². The number of para-hydroxylation sites is 1. The zero-order valence-corrected chi connectivity index (χ0v) is 14.7. The molecule has 24 heavy (non-hydrogen) atoms. The molecular formula is C18H26N6. The fourth-order valence-corrected chi connectivity index (χ4v) is 3.34. The van der Waals surface area contributed by atoms with Crippen LogP contribution in [0.25, 0.3) is 10.9 Å². The van der Waals surface area contributed by atoms with Crippen LogP contribution in [0.3, 0.4) is 0 Å². The van der Waals surface area contributed by atoms with Crippen LogP contribution in [0.15, 0.2) is 29.3 Å². The molecule has 3 N–H and O–H groups in total. The summed E-state index contributed by atoms with van der Waals surface area (Å²) in [4.78, 5) is 15.9. The van der Waals surface area contributed by atoms with E-state index in [1.165, 1.54) is 12.8 Å². The highest BCUT2D eigenvalue weighted by Crippen LogP contribution is 2.24. The number of aromatic nitrogens is 2. The lowest BCUT2D eigenvalue weighted by Crippen LogP contribution is -2.34. The van der Waals surface area contributed by atoms with Gasteiger partial charge in [0, 0.05) is 11.4 Å². The predicted molar refractivity (Wildman–Crippen MR) is 99.3 cm³/mol. The van der Waals surface area contributed by atoms with Crippen LogP contribution in [0.1, 0.15) is 31.4 Å². The van der Waals surface area contributed by atoms with Crippen LogP contribution in [0.4, 0.5) is 5.95 Å². The van der Waals surface area contributed by atoms with Crippen molar-refractivity contribution in [2.45, 2.75) is 44.7 Å². The van der Waals surface area contributed by atoms with Gasteiger partial charge in [-0.25, -0.2) is 15.0 Å². The first-order valence-corrected chi connectivity index (χ1v) is 8.53. The van der Waals surface area contributed by atoms with E-state index in [0.717, 1.165) is 29.4 Å². The standard InChI is InChI=1S/C18H26N6/c1-12-15-6-4-5-7-16(15)22-18(20-12)23-17(19)21-13-8-10-14(11-9-13)24(2)3/h4-7,13-14H,8-11H2,1-3H3,(H3,19,20,21,22,23). The molecule has 1 aromatic carbocycles. The molecule has 0 bridgehead atoms. The minimum Gasteiger partial charge on any atom is -0.370 e. The van der Waals surface area contributed by atoms with Crippen LogP contribution in [0.2, 0.25) is 0 Å². The summed E-state index contributed by atoms with van der Waals surface area (Å²) in [5, 5.41) is 4.11. The Morgan fingerprint density at radius 1 is 1.17 bits per heavy atom. The molecule has 1 saturated carbocycles.